The van der Waals surface area contributed by atoms with Crippen LogP contribution in [0.1, 0.15) is 22.7 Å². The van der Waals surface area contributed by atoms with E-state index >= 15 is 0 Å². The van der Waals surface area contributed by atoms with Crippen molar-refractivity contribution in [3.8, 4) is 0 Å². The Kier molecular flexibility index (Phi) is 4.66. The molecule has 0 fully saturated rings. The first kappa shape index (κ1) is 16.3. The molecule has 6 nitrogen and oxygen atoms in total. The van der Waals surface area contributed by atoms with Crippen LogP contribution in [0.3, 0.4) is 0 Å². The van der Waals surface area contributed by atoms with Crippen molar-refractivity contribution in [2.24, 2.45) is 0 Å². The van der Waals surface area contributed by atoms with E-state index < -0.39 is 0 Å². The molecule has 126 valence electrons. The standard InChI is InChI=1S/C18H22N4O2/c1-4-6-14(5-2)10-22-18(23)16-7-8-21(12-17(16)19-22)11-15-9-13(3)24-20-15/h4-6,9,19H,1-2,7-8,10-12H2,3H3/b14-6+. The lowest BCUT2D eigenvalue weighted by Gasteiger charge is -2.24. The normalized spacial score (nSPS) is 15.3. The first-order chi connectivity index (χ1) is 11.6. The van der Waals surface area contributed by atoms with Gasteiger partial charge in [-0.1, -0.05) is 36.5 Å². The monoisotopic (exact) mass is 326 g/mol. The summed E-state index contributed by atoms with van der Waals surface area (Å²) in [4.78, 5) is 14.8. The van der Waals surface area contributed by atoms with E-state index in [0.717, 1.165) is 47.8 Å². The van der Waals surface area contributed by atoms with Gasteiger partial charge in [0.05, 0.1) is 17.9 Å². The van der Waals surface area contributed by atoms with E-state index in [2.05, 4.69) is 28.3 Å². The summed E-state index contributed by atoms with van der Waals surface area (Å²) in [6.45, 7) is 12.1. The van der Waals surface area contributed by atoms with Crippen LogP contribution >= 0.6 is 0 Å². The van der Waals surface area contributed by atoms with Gasteiger partial charge in [-0.05, 0) is 18.9 Å². The van der Waals surface area contributed by atoms with Crippen molar-refractivity contribution in [1.29, 1.82) is 0 Å². The Hall–Kier alpha value is -2.60. The Labute approximate surface area is 140 Å². The van der Waals surface area contributed by atoms with E-state index in [1.54, 1.807) is 16.8 Å². The molecule has 0 atom stereocenters. The van der Waals surface area contributed by atoms with Crippen LogP contribution in [0.25, 0.3) is 0 Å². The number of aromatic nitrogens is 3. The third-order valence-electron chi connectivity index (χ3n) is 4.19. The van der Waals surface area contributed by atoms with E-state index in [0.29, 0.717) is 13.1 Å². The van der Waals surface area contributed by atoms with Gasteiger partial charge < -0.3 is 4.52 Å². The molecule has 0 spiro atoms. The zero-order chi connectivity index (χ0) is 17.1. The molecule has 0 amide bonds. The SMILES string of the molecule is C=C/C=C(\C=C)Cn1[nH]c2c(c1=O)CCN(Cc1cc(C)on1)C2. The largest absolute Gasteiger partial charge is 0.361 e. The molecule has 0 saturated heterocycles. The fraction of sp³-hybridized carbons (Fsp3) is 0.333. The molecule has 0 saturated carbocycles. The van der Waals surface area contributed by atoms with E-state index in [1.807, 2.05) is 19.1 Å². The zero-order valence-electron chi connectivity index (χ0n) is 13.9. The summed E-state index contributed by atoms with van der Waals surface area (Å²) in [6, 6.07) is 1.94. The number of rotatable bonds is 6. The number of allylic oxidation sites excluding steroid dienone is 4. The van der Waals surface area contributed by atoms with Gasteiger partial charge >= 0.3 is 0 Å². The molecule has 2 aromatic heterocycles. The smallest absolute Gasteiger partial charge is 0.270 e. The van der Waals surface area contributed by atoms with Crippen LogP contribution < -0.4 is 5.56 Å². The highest BCUT2D eigenvalue weighted by Crippen LogP contribution is 2.17. The van der Waals surface area contributed by atoms with Crippen LogP contribution in [0, 0.1) is 6.92 Å². The van der Waals surface area contributed by atoms with E-state index in [9.17, 15) is 4.79 Å². The summed E-state index contributed by atoms with van der Waals surface area (Å²) >= 11 is 0. The van der Waals surface area contributed by atoms with Gasteiger partial charge in [0.2, 0.25) is 0 Å². The Morgan fingerprint density at radius 3 is 3.00 bits per heavy atom. The maximum Gasteiger partial charge on any atom is 0.270 e. The predicted molar refractivity (Wildman–Crippen MR) is 92.6 cm³/mol. The highest BCUT2D eigenvalue weighted by atomic mass is 16.5. The number of aryl methyl sites for hydroxylation is 1. The Morgan fingerprint density at radius 2 is 2.33 bits per heavy atom. The molecule has 3 heterocycles. The second-order valence-electron chi connectivity index (χ2n) is 6.03. The van der Waals surface area contributed by atoms with Gasteiger partial charge in [-0.2, -0.15) is 0 Å². The zero-order valence-corrected chi connectivity index (χ0v) is 13.9. The number of H-pyrrole nitrogens is 1. The van der Waals surface area contributed by atoms with Gasteiger partial charge in [0.1, 0.15) is 5.76 Å². The van der Waals surface area contributed by atoms with Gasteiger partial charge in [-0.15, -0.1) is 0 Å². The number of nitrogens with zero attached hydrogens (tertiary/aromatic N) is 3. The number of aromatic amines is 1. The lowest BCUT2D eigenvalue weighted by atomic mass is 10.1. The molecule has 1 aliphatic heterocycles. The molecule has 24 heavy (non-hydrogen) atoms. The van der Waals surface area contributed by atoms with Crippen molar-refractivity contribution in [1.82, 2.24) is 19.8 Å². The van der Waals surface area contributed by atoms with Crippen LogP contribution in [0.5, 0.6) is 0 Å². The van der Waals surface area contributed by atoms with Gasteiger partial charge in [0.25, 0.3) is 5.56 Å². The lowest BCUT2D eigenvalue weighted by molar-refractivity contribution is 0.234. The molecule has 6 heteroatoms. The fourth-order valence-electron chi connectivity index (χ4n) is 3.02. The van der Waals surface area contributed by atoms with Crippen molar-refractivity contribution in [2.75, 3.05) is 6.54 Å². The average Bonchev–Trinajstić information content (AvgIpc) is 3.10. The van der Waals surface area contributed by atoms with Crippen LogP contribution in [0.4, 0.5) is 0 Å². The molecule has 0 aliphatic carbocycles. The van der Waals surface area contributed by atoms with Crippen molar-refractivity contribution < 1.29 is 4.52 Å². The third kappa shape index (κ3) is 3.33. The van der Waals surface area contributed by atoms with Crippen molar-refractivity contribution in [3.05, 3.63) is 76.1 Å². The van der Waals surface area contributed by atoms with Crippen LogP contribution in [-0.2, 0) is 26.1 Å². The lowest BCUT2D eigenvalue weighted by Crippen LogP contribution is -2.31. The minimum Gasteiger partial charge on any atom is -0.361 e. The minimum absolute atomic E-state index is 0.0544. The topological polar surface area (TPSA) is 67.1 Å². The average molecular weight is 326 g/mol. The maximum atomic E-state index is 12.5. The molecular weight excluding hydrogens is 304 g/mol. The fourth-order valence-corrected chi connectivity index (χ4v) is 3.02. The summed E-state index contributed by atoms with van der Waals surface area (Å²) in [5.74, 6) is 0.813. The first-order valence-electron chi connectivity index (χ1n) is 8.00. The Morgan fingerprint density at radius 1 is 1.50 bits per heavy atom. The molecule has 3 rings (SSSR count). The number of fused-ring (bicyclic) bond motifs is 1. The maximum absolute atomic E-state index is 12.5. The summed E-state index contributed by atoms with van der Waals surface area (Å²) in [5.41, 5.74) is 3.78. The third-order valence-corrected chi connectivity index (χ3v) is 4.19. The highest BCUT2D eigenvalue weighted by Gasteiger charge is 2.23. The highest BCUT2D eigenvalue weighted by molar-refractivity contribution is 5.24. The summed E-state index contributed by atoms with van der Waals surface area (Å²) < 4.78 is 6.76. The molecule has 0 aromatic carbocycles. The van der Waals surface area contributed by atoms with Crippen LogP contribution in [-0.4, -0.2) is 26.4 Å². The van der Waals surface area contributed by atoms with Crippen LogP contribution in [0.2, 0.25) is 0 Å². The molecule has 0 bridgehead atoms. The second kappa shape index (κ2) is 6.88. The minimum atomic E-state index is 0.0544. The molecule has 1 N–H and O–H groups in total. The quantitative estimate of drug-likeness (QED) is 0.827. The van der Waals surface area contributed by atoms with Crippen molar-refractivity contribution in [3.63, 3.8) is 0 Å². The molecular formula is C18H22N4O2. The number of hydrogen-bond donors (Lipinski definition) is 1. The van der Waals surface area contributed by atoms with Gasteiger partial charge in [0.15, 0.2) is 0 Å². The molecule has 0 radical (unpaired) electrons. The second-order valence-corrected chi connectivity index (χ2v) is 6.03. The van der Waals surface area contributed by atoms with Gasteiger partial charge in [-0.3, -0.25) is 14.8 Å². The first-order valence-corrected chi connectivity index (χ1v) is 8.00. The predicted octanol–water partition coefficient (Wildman–Crippen LogP) is 2.33. The Bertz CT molecular complexity index is 838. The number of hydrogen-bond acceptors (Lipinski definition) is 4. The summed E-state index contributed by atoms with van der Waals surface area (Å²) in [7, 11) is 0. The van der Waals surface area contributed by atoms with E-state index in [1.165, 1.54) is 0 Å². The van der Waals surface area contributed by atoms with Gasteiger partial charge in [-0.25, -0.2) is 4.68 Å². The Balaban J connectivity index is 1.76. The summed E-state index contributed by atoms with van der Waals surface area (Å²) in [5, 5.41) is 7.28. The van der Waals surface area contributed by atoms with Crippen LogP contribution in [0.15, 0.2) is 52.3 Å². The number of nitrogens with one attached hydrogen (secondary N) is 1. The molecule has 0 unspecified atom stereocenters. The van der Waals surface area contributed by atoms with E-state index in [-0.39, 0.29) is 5.56 Å². The summed E-state index contributed by atoms with van der Waals surface area (Å²) in [6.07, 6.45) is 6.04. The van der Waals surface area contributed by atoms with E-state index in [4.69, 9.17) is 4.52 Å². The van der Waals surface area contributed by atoms with Crippen molar-refractivity contribution >= 4 is 0 Å². The molecule has 1 aliphatic rings. The van der Waals surface area contributed by atoms with Crippen molar-refractivity contribution in [2.45, 2.75) is 33.0 Å². The van der Waals surface area contributed by atoms with Gasteiger partial charge in [0, 0.05) is 31.3 Å². The molecule has 2 aromatic rings.